The van der Waals surface area contributed by atoms with Gasteiger partial charge in [-0.25, -0.2) is 0 Å². The molecule has 1 aromatic heterocycles. The summed E-state index contributed by atoms with van der Waals surface area (Å²) in [5, 5.41) is 3.46. The molecule has 170 valence electrons. The maximum atomic E-state index is 6.13. The number of nitrogens with one attached hydrogen (secondary N) is 1. The molecule has 1 atom stereocenters. The average molecular weight is 532 g/mol. The fourth-order valence-electron chi connectivity index (χ4n) is 4.16. The van der Waals surface area contributed by atoms with Crippen molar-refractivity contribution in [2.75, 3.05) is 40.5 Å². The summed E-state index contributed by atoms with van der Waals surface area (Å²) in [5.41, 5.74) is 3.12. The van der Waals surface area contributed by atoms with Crippen molar-refractivity contribution in [1.29, 1.82) is 0 Å². The number of ether oxygens (including phenoxy) is 3. The molecule has 8 heteroatoms. The molecule has 1 aromatic rings. The van der Waals surface area contributed by atoms with Crippen LogP contribution in [0.3, 0.4) is 0 Å². The van der Waals surface area contributed by atoms with Crippen molar-refractivity contribution in [3.8, 4) is 5.75 Å². The summed E-state index contributed by atoms with van der Waals surface area (Å²) in [7, 11) is 3.54. The van der Waals surface area contributed by atoms with Gasteiger partial charge in [-0.15, -0.1) is 24.0 Å². The predicted molar refractivity (Wildman–Crippen MR) is 130 cm³/mol. The van der Waals surface area contributed by atoms with Gasteiger partial charge < -0.3 is 24.4 Å². The third-order valence-corrected chi connectivity index (χ3v) is 5.91. The number of halogens is 1. The smallest absolute Gasteiger partial charge is 0.193 e. The molecule has 0 amide bonds. The minimum atomic E-state index is 0. The van der Waals surface area contributed by atoms with Crippen molar-refractivity contribution >= 4 is 29.9 Å². The van der Waals surface area contributed by atoms with Gasteiger partial charge in [0.25, 0.3) is 0 Å². The topological polar surface area (TPSA) is 68.2 Å². The Labute approximate surface area is 198 Å². The number of rotatable bonds is 6. The van der Waals surface area contributed by atoms with Gasteiger partial charge in [-0.3, -0.25) is 9.98 Å². The first-order valence-electron chi connectivity index (χ1n) is 10.8. The van der Waals surface area contributed by atoms with Crippen molar-refractivity contribution in [1.82, 2.24) is 15.2 Å². The number of nitrogens with zero attached hydrogens (tertiary/aromatic N) is 3. The van der Waals surface area contributed by atoms with Crippen LogP contribution in [0.25, 0.3) is 0 Å². The minimum absolute atomic E-state index is 0. The highest BCUT2D eigenvalue weighted by Gasteiger charge is 2.24. The van der Waals surface area contributed by atoms with Crippen molar-refractivity contribution < 1.29 is 14.2 Å². The zero-order chi connectivity index (χ0) is 20.6. The second kappa shape index (κ2) is 12.7. The molecule has 1 unspecified atom stereocenters. The molecular weight excluding hydrogens is 495 g/mol. The fraction of sp³-hybridized carbons (Fsp3) is 0.727. The van der Waals surface area contributed by atoms with E-state index in [-0.39, 0.29) is 24.0 Å². The molecule has 1 N–H and O–H groups in total. The van der Waals surface area contributed by atoms with Crippen LogP contribution in [0.1, 0.15) is 48.9 Å². The maximum Gasteiger partial charge on any atom is 0.193 e. The highest BCUT2D eigenvalue weighted by molar-refractivity contribution is 14.0. The predicted octanol–water partition coefficient (Wildman–Crippen LogP) is 3.45. The summed E-state index contributed by atoms with van der Waals surface area (Å²) in [5.74, 6) is 1.83. The molecule has 3 rings (SSSR count). The van der Waals surface area contributed by atoms with Crippen molar-refractivity contribution in [3.05, 3.63) is 23.0 Å². The van der Waals surface area contributed by atoms with E-state index >= 15 is 0 Å². The molecule has 2 fully saturated rings. The quantitative estimate of drug-likeness (QED) is 0.344. The Morgan fingerprint density at radius 1 is 1.27 bits per heavy atom. The van der Waals surface area contributed by atoms with E-state index in [1.807, 2.05) is 20.2 Å². The number of guanidine groups is 1. The SMILES string of the molecule is CN=C(NCc1ncc(C)c(OC)c1C)N1CCC(OCC2CCCCO2)CC1.I. The van der Waals surface area contributed by atoms with Gasteiger partial charge in [0.05, 0.1) is 38.2 Å². The van der Waals surface area contributed by atoms with E-state index in [9.17, 15) is 0 Å². The lowest BCUT2D eigenvalue weighted by Gasteiger charge is -2.35. The molecule has 0 saturated carbocycles. The van der Waals surface area contributed by atoms with Crippen LogP contribution in [-0.4, -0.2) is 68.5 Å². The molecule has 7 nitrogen and oxygen atoms in total. The number of likely N-dealkylation sites (tertiary alicyclic amines) is 1. The first-order chi connectivity index (χ1) is 14.1. The van der Waals surface area contributed by atoms with E-state index in [2.05, 4.69) is 27.1 Å². The number of aryl methyl sites for hydroxylation is 1. The van der Waals surface area contributed by atoms with Gasteiger partial charge in [-0.2, -0.15) is 0 Å². The van der Waals surface area contributed by atoms with Crippen LogP contribution in [0.4, 0.5) is 0 Å². The average Bonchev–Trinajstić information content (AvgIpc) is 2.76. The Morgan fingerprint density at radius 3 is 2.67 bits per heavy atom. The lowest BCUT2D eigenvalue weighted by atomic mass is 10.1. The van der Waals surface area contributed by atoms with Gasteiger partial charge >= 0.3 is 0 Å². The Hall–Kier alpha value is -1.13. The summed E-state index contributed by atoms with van der Waals surface area (Å²) in [4.78, 5) is 11.3. The van der Waals surface area contributed by atoms with E-state index in [4.69, 9.17) is 14.2 Å². The van der Waals surface area contributed by atoms with Gasteiger partial charge in [0.1, 0.15) is 5.75 Å². The van der Waals surface area contributed by atoms with Gasteiger partial charge in [0.15, 0.2) is 5.96 Å². The number of pyridine rings is 1. The van der Waals surface area contributed by atoms with Crippen LogP contribution >= 0.6 is 24.0 Å². The van der Waals surface area contributed by atoms with Gasteiger partial charge in [-0.1, -0.05) is 0 Å². The second-order valence-electron chi connectivity index (χ2n) is 7.96. The van der Waals surface area contributed by atoms with E-state index in [0.29, 0.717) is 18.8 Å². The minimum Gasteiger partial charge on any atom is -0.496 e. The lowest BCUT2D eigenvalue weighted by molar-refractivity contribution is -0.0721. The normalized spacial score (nSPS) is 20.6. The Balaban J connectivity index is 0.00000320. The molecule has 3 heterocycles. The molecule has 0 radical (unpaired) electrons. The van der Waals surface area contributed by atoms with Crippen molar-refractivity contribution in [2.24, 2.45) is 4.99 Å². The van der Waals surface area contributed by atoms with Crippen LogP contribution in [0.2, 0.25) is 0 Å². The van der Waals surface area contributed by atoms with Crippen molar-refractivity contribution in [3.63, 3.8) is 0 Å². The van der Waals surface area contributed by atoms with Gasteiger partial charge in [0.2, 0.25) is 0 Å². The molecule has 0 bridgehead atoms. The highest BCUT2D eigenvalue weighted by Crippen LogP contribution is 2.24. The van der Waals surface area contributed by atoms with Crippen LogP contribution in [0.5, 0.6) is 5.75 Å². The summed E-state index contributed by atoms with van der Waals surface area (Å²) < 4.78 is 17.4. The Kier molecular flexibility index (Phi) is 10.6. The van der Waals surface area contributed by atoms with E-state index in [1.165, 1.54) is 12.8 Å². The van der Waals surface area contributed by atoms with Gasteiger partial charge in [-0.05, 0) is 46.0 Å². The number of hydrogen-bond donors (Lipinski definition) is 1. The molecular formula is C22H37IN4O3. The molecule has 0 aromatic carbocycles. The third kappa shape index (κ3) is 6.68. The monoisotopic (exact) mass is 532 g/mol. The number of methoxy groups -OCH3 is 1. The second-order valence-corrected chi connectivity index (χ2v) is 7.96. The fourth-order valence-corrected chi connectivity index (χ4v) is 4.16. The Bertz CT molecular complexity index is 687. The zero-order valence-corrected chi connectivity index (χ0v) is 21.1. The first kappa shape index (κ1) is 25.1. The number of aromatic nitrogens is 1. The van der Waals surface area contributed by atoms with E-state index < -0.39 is 0 Å². The summed E-state index contributed by atoms with van der Waals surface area (Å²) in [6, 6.07) is 0. The zero-order valence-electron chi connectivity index (χ0n) is 18.8. The Morgan fingerprint density at radius 2 is 2.03 bits per heavy atom. The molecule has 2 saturated heterocycles. The van der Waals surface area contributed by atoms with Crippen LogP contribution < -0.4 is 10.1 Å². The van der Waals surface area contributed by atoms with Crippen LogP contribution in [-0.2, 0) is 16.0 Å². The van der Waals surface area contributed by atoms with Crippen LogP contribution in [0.15, 0.2) is 11.2 Å². The van der Waals surface area contributed by atoms with Gasteiger partial charge in [0, 0.05) is 44.1 Å². The number of hydrogen-bond acceptors (Lipinski definition) is 5. The molecule has 30 heavy (non-hydrogen) atoms. The standard InChI is InChI=1S/C22H36N4O3.HI/c1-16-13-24-20(17(2)21(16)27-4)14-25-22(23-3)26-10-8-18(9-11-26)29-15-19-7-5-6-12-28-19;/h13,18-19H,5-12,14-15H2,1-4H3,(H,23,25);1H. The largest absolute Gasteiger partial charge is 0.496 e. The molecule has 0 aliphatic carbocycles. The highest BCUT2D eigenvalue weighted by atomic mass is 127. The molecule has 2 aliphatic rings. The summed E-state index contributed by atoms with van der Waals surface area (Å²) in [6.45, 7) is 8.20. The third-order valence-electron chi connectivity index (χ3n) is 5.91. The maximum absolute atomic E-state index is 6.13. The van der Waals surface area contributed by atoms with Crippen LogP contribution in [0, 0.1) is 13.8 Å². The number of piperidine rings is 1. The summed E-state index contributed by atoms with van der Waals surface area (Å²) in [6.07, 6.45) is 8.09. The van der Waals surface area contributed by atoms with Crippen molar-refractivity contribution in [2.45, 2.75) is 64.7 Å². The summed E-state index contributed by atoms with van der Waals surface area (Å²) >= 11 is 0. The molecule has 2 aliphatic heterocycles. The van der Waals surface area contributed by atoms with E-state index in [0.717, 1.165) is 74.1 Å². The first-order valence-corrected chi connectivity index (χ1v) is 10.8. The number of aliphatic imine (C=N–C) groups is 1. The lowest BCUT2D eigenvalue weighted by Crippen LogP contribution is -2.47. The molecule has 0 spiro atoms. The van der Waals surface area contributed by atoms with E-state index in [1.54, 1.807) is 7.11 Å².